The average Bonchev–Trinajstić information content (AvgIpc) is 2.59. The van der Waals surface area contributed by atoms with E-state index in [2.05, 4.69) is 13.8 Å². The van der Waals surface area contributed by atoms with Crippen molar-refractivity contribution >= 4 is 21.4 Å². The van der Waals surface area contributed by atoms with E-state index in [1.807, 2.05) is 24.3 Å². The maximum absolute atomic E-state index is 12.9. The van der Waals surface area contributed by atoms with E-state index in [4.69, 9.17) is 0 Å². The van der Waals surface area contributed by atoms with Crippen LogP contribution in [0.1, 0.15) is 47.7 Å². The minimum absolute atomic E-state index is 0.0386. The molecule has 0 fully saturated rings. The van der Waals surface area contributed by atoms with Gasteiger partial charge in [-0.1, -0.05) is 26.0 Å². The number of hydrogen-bond acceptors (Lipinski definition) is 3. The number of carbonyl (C=O) groups is 1. The van der Waals surface area contributed by atoms with Crippen LogP contribution in [0, 0.1) is 0 Å². The first-order valence-corrected chi connectivity index (χ1v) is 10.4. The van der Waals surface area contributed by atoms with Gasteiger partial charge in [0.1, 0.15) is 0 Å². The monoisotopic (exact) mass is 357 g/mol. The van der Waals surface area contributed by atoms with E-state index in [1.165, 1.54) is 11.8 Å². The van der Waals surface area contributed by atoms with Gasteiger partial charge in [0, 0.05) is 24.1 Å². The quantitative estimate of drug-likeness (QED) is 0.839. The molecule has 1 heterocycles. The summed E-state index contributed by atoms with van der Waals surface area (Å²) >= 11 is 0. The molecule has 0 bridgehead atoms. The lowest BCUT2D eigenvalue weighted by molar-refractivity contribution is 0.0985. The van der Waals surface area contributed by atoms with Crippen molar-refractivity contribution in [2.24, 2.45) is 0 Å². The number of nitrogens with zero attached hydrogens (tertiary/aromatic N) is 1. The first kappa shape index (κ1) is 17.7. The highest BCUT2D eigenvalue weighted by Crippen LogP contribution is 2.30. The fourth-order valence-electron chi connectivity index (χ4n) is 3.18. The molecule has 3 rings (SSSR count). The zero-order valence-electron chi connectivity index (χ0n) is 14.8. The highest BCUT2D eigenvalue weighted by molar-refractivity contribution is 7.90. The molecule has 25 heavy (non-hydrogen) atoms. The molecule has 0 unspecified atom stereocenters. The zero-order valence-corrected chi connectivity index (χ0v) is 15.6. The molecule has 5 heteroatoms. The molecule has 2 aromatic rings. The average molecular weight is 357 g/mol. The number of carbonyl (C=O) groups excluding carboxylic acids is 1. The fourth-order valence-corrected chi connectivity index (χ4v) is 3.85. The van der Waals surface area contributed by atoms with Crippen LogP contribution in [0.15, 0.2) is 47.4 Å². The van der Waals surface area contributed by atoms with Crippen LogP contribution in [0.4, 0.5) is 5.69 Å². The maximum atomic E-state index is 12.9. The number of amides is 1. The van der Waals surface area contributed by atoms with Gasteiger partial charge in [-0.05, 0) is 60.2 Å². The predicted octanol–water partition coefficient (Wildman–Crippen LogP) is 3.81. The van der Waals surface area contributed by atoms with Gasteiger partial charge in [0.15, 0.2) is 9.84 Å². The highest BCUT2D eigenvalue weighted by atomic mass is 32.2. The van der Waals surface area contributed by atoms with Crippen LogP contribution in [-0.4, -0.2) is 27.1 Å². The molecule has 0 saturated heterocycles. The largest absolute Gasteiger partial charge is 0.308 e. The highest BCUT2D eigenvalue weighted by Gasteiger charge is 2.24. The normalized spacial score (nSPS) is 14.5. The molecule has 0 N–H and O–H groups in total. The predicted molar refractivity (Wildman–Crippen MR) is 100 cm³/mol. The summed E-state index contributed by atoms with van der Waals surface area (Å²) in [4.78, 5) is 15.0. The Morgan fingerprint density at radius 2 is 1.76 bits per heavy atom. The van der Waals surface area contributed by atoms with Crippen LogP contribution in [-0.2, 0) is 16.3 Å². The van der Waals surface area contributed by atoms with Crippen molar-refractivity contribution in [3.63, 3.8) is 0 Å². The topological polar surface area (TPSA) is 54.5 Å². The standard InChI is InChI=1S/C20H23NO3S/c1-14(2)15-6-8-16(9-7-15)20(22)21-12-4-5-17-13-18(25(3,23)24)10-11-19(17)21/h6-11,13-14H,4-5,12H2,1-3H3. The second-order valence-corrected chi connectivity index (χ2v) is 8.92. The second-order valence-electron chi connectivity index (χ2n) is 6.90. The van der Waals surface area contributed by atoms with Crippen molar-refractivity contribution in [3.8, 4) is 0 Å². The summed E-state index contributed by atoms with van der Waals surface area (Å²) in [5, 5.41) is 0. The number of benzene rings is 2. The van der Waals surface area contributed by atoms with Crippen molar-refractivity contribution < 1.29 is 13.2 Å². The second kappa shape index (κ2) is 6.64. The smallest absolute Gasteiger partial charge is 0.258 e. The van der Waals surface area contributed by atoms with Crippen molar-refractivity contribution in [1.82, 2.24) is 0 Å². The lowest BCUT2D eigenvalue weighted by atomic mass is 9.99. The Morgan fingerprint density at radius 3 is 2.36 bits per heavy atom. The van der Waals surface area contributed by atoms with Gasteiger partial charge in [0.05, 0.1) is 4.90 Å². The Kier molecular flexibility index (Phi) is 4.69. The first-order chi connectivity index (χ1) is 11.8. The zero-order chi connectivity index (χ0) is 18.2. The number of anilines is 1. The molecule has 0 aromatic heterocycles. The molecule has 2 aromatic carbocycles. The van der Waals surface area contributed by atoms with Gasteiger partial charge < -0.3 is 4.90 Å². The SMILES string of the molecule is CC(C)c1ccc(C(=O)N2CCCc3cc(S(C)(=O)=O)ccc32)cc1. The molecule has 4 nitrogen and oxygen atoms in total. The van der Waals surface area contributed by atoms with Crippen molar-refractivity contribution in [2.45, 2.75) is 37.5 Å². The van der Waals surface area contributed by atoms with Crippen molar-refractivity contribution in [1.29, 1.82) is 0 Å². The van der Waals surface area contributed by atoms with E-state index < -0.39 is 9.84 Å². The maximum Gasteiger partial charge on any atom is 0.258 e. The molecular weight excluding hydrogens is 334 g/mol. The van der Waals surface area contributed by atoms with Gasteiger partial charge in [-0.25, -0.2) is 8.42 Å². The summed E-state index contributed by atoms with van der Waals surface area (Å²) in [6.45, 7) is 4.89. The molecule has 1 aliphatic rings. The summed E-state index contributed by atoms with van der Waals surface area (Å²) in [7, 11) is -3.24. The van der Waals surface area contributed by atoms with Gasteiger partial charge >= 0.3 is 0 Å². The third-order valence-corrected chi connectivity index (χ3v) is 5.78. The van der Waals surface area contributed by atoms with Crippen molar-refractivity contribution in [3.05, 3.63) is 59.2 Å². The Morgan fingerprint density at radius 1 is 1.08 bits per heavy atom. The Labute approximate surface area is 149 Å². The van der Waals surface area contributed by atoms with Gasteiger partial charge in [0.25, 0.3) is 5.91 Å². The summed E-state index contributed by atoms with van der Waals surface area (Å²) in [5.74, 6) is 0.387. The van der Waals surface area contributed by atoms with E-state index in [1.54, 1.807) is 23.1 Å². The van der Waals surface area contributed by atoms with E-state index in [0.29, 0.717) is 22.9 Å². The molecule has 1 amide bonds. The molecule has 0 radical (unpaired) electrons. The number of aryl methyl sites for hydroxylation is 1. The number of hydrogen-bond donors (Lipinski definition) is 0. The third-order valence-electron chi connectivity index (χ3n) is 4.67. The molecule has 0 saturated carbocycles. The Bertz CT molecular complexity index is 899. The summed E-state index contributed by atoms with van der Waals surface area (Å²) < 4.78 is 23.5. The van der Waals surface area contributed by atoms with Crippen molar-refractivity contribution in [2.75, 3.05) is 17.7 Å². The Hall–Kier alpha value is -2.14. The fraction of sp³-hybridized carbons (Fsp3) is 0.350. The summed E-state index contributed by atoms with van der Waals surface area (Å²) in [6.07, 6.45) is 2.82. The summed E-state index contributed by atoms with van der Waals surface area (Å²) in [6, 6.07) is 12.8. The Balaban J connectivity index is 1.93. The molecule has 132 valence electrons. The molecular formula is C20H23NO3S. The van der Waals surface area contributed by atoms with E-state index in [9.17, 15) is 13.2 Å². The third kappa shape index (κ3) is 3.61. The minimum Gasteiger partial charge on any atom is -0.308 e. The molecule has 1 aliphatic heterocycles. The van der Waals surface area contributed by atoms with E-state index in [-0.39, 0.29) is 5.91 Å². The lowest BCUT2D eigenvalue weighted by Gasteiger charge is -2.30. The molecule has 0 spiro atoms. The van der Waals surface area contributed by atoms with Crippen LogP contribution in [0.5, 0.6) is 0 Å². The van der Waals surface area contributed by atoms with Gasteiger partial charge in [-0.2, -0.15) is 0 Å². The van der Waals surface area contributed by atoms with Crippen LogP contribution in [0.2, 0.25) is 0 Å². The van der Waals surface area contributed by atoms with Gasteiger partial charge in [0.2, 0.25) is 0 Å². The summed E-state index contributed by atoms with van der Waals surface area (Å²) in [5.41, 5.74) is 3.59. The minimum atomic E-state index is -3.24. The van der Waals surface area contributed by atoms with E-state index >= 15 is 0 Å². The van der Waals surface area contributed by atoms with Crippen LogP contribution in [0.3, 0.4) is 0 Å². The van der Waals surface area contributed by atoms with Gasteiger partial charge in [-0.15, -0.1) is 0 Å². The first-order valence-electron chi connectivity index (χ1n) is 8.52. The molecule has 0 aliphatic carbocycles. The molecule has 0 atom stereocenters. The number of sulfone groups is 1. The van der Waals surface area contributed by atoms with E-state index in [0.717, 1.165) is 24.1 Å². The van der Waals surface area contributed by atoms with Gasteiger partial charge in [-0.3, -0.25) is 4.79 Å². The van der Waals surface area contributed by atoms with Crippen LogP contribution < -0.4 is 4.90 Å². The number of fused-ring (bicyclic) bond motifs is 1. The van der Waals surface area contributed by atoms with Crippen LogP contribution >= 0.6 is 0 Å². The lowest BCUT2D eigenvalue weighted by Crippen LogP contribution is -2.35. The number of rotatable bonds is 3. The van der Waals surface area contributed by atoms with Crippen LogP contribution in [0.25, 0.3) is 0 Å².